The van der Waals surface area contributed by atoms with Crippen molar-refractivity contribution in [2.75, 3.05) is 29.9 Å². The van der Waals surface area contributed by atoms with E-state index in [2.05, 4.69) is 15.3 Å². The van der Waals surface area contributed by atoms with Crippen molar-refractivity contribution in [3.8, 4) is 0 Å². The van der Waals surface area contributed by atoms with Gasteiger partial charge in [-0.1, -0.05) is 0 Å². The van der Waals surface area contributed by atoms with Gasteiger partial charge in [0.15, 0.2) is 17.5 Å². The maximum absolute atomic E-state index is 13.5. The lowest BCUT2D eigenvalue weighted by atomic mass is 10.1. The number of nitrogens with one attached hydrogen (secondary N) is 1. The molecule has 1 N–H and O–H groups in total. The molecular weight excluding hydrogens is 437 g/mol. The highest BCUT2D eigenvalue weighted by molar-refractivity contribution is 5.97. The normalized spacial score (nSPS) is 23.3. The van der Waals surface area contributed by atoms with E-state index >= 15 is 0 Å². The van der Waals surface area contributed by atoms with Gasteiger partial charge in [-0.2, -0.15) is 5.10 Å². The smallest absolute Gasteiger partial charge is 0.317 e. The van der Waals surface area contributed by atoms with Crippen LogP contribution in [0, 0.1) is 17.5 Å². The van der Waals surface area contributed by atoms with E-state index in [4.69, 9.17) is 0 Å². The fourth-order valence-electron chi connectivity index (χ4n) is 5.14. The van der Waals surface area contributed by atoms with Crippen LogP contribution in [0.1, 0.15) is 31.9 Å². The van der Waals surface area contributed by atoms with E-state index in [-0.39, 0.29) is 30.2 Å². The average molecular weight is 462 g/mol. The van der Waals surface area contributed by atoms with Crippen LogP contribution >= 0.6 is 0 Å². The summed E-state index contributed by atoms with van der Waals surface area (Å²) in [6.45, 7) is 4.97. The summed E-state index contributed by atoms with van der Waals surface area (Å²) in [5.41, 5.74) is 1.24. The predicted octanol–water partition coefficient (Wildman–Crippen LogP) is 2.94. The van der Waals surface area contributed by atoms with Crippen LogP contribution in [0.25, 0.3) is 0 Å². The number of fused-ring (bicyclic) bond motifs is 1. The van der Waals surface area contributed by atoms with E-state index in [0.717, 1.165) is 43.8 Å². The molecule has 2 aromatic rings. The number of hydrogen-bond donors (Lipinski definition) is 1. The summed E-state index contributed by atoms with van der Waals surface area (Å²) >= 11 is 0. The van der Waals surface area contributed by atoms with E-state index in [1.165, 1.54) is 4.90 Å². The molecule has 3 aliphatic heterocycles. The molecule has 33 heavy (non-hydrogen) atoms. The molecule has 0 spiro atoms. The maximum atomic E-state index is 13.5. The summed E-state index contributed by atoms with van der Waals surface area (Å²) in [6.07, 6.45) is 4.42. The summed E-state index contributed by atoms with van der Waals surface area (Å²) in [7, 11) is 0. The molecule has 4 heterocycles. The third kappa shape index (κ3) is 3.84. The summed E-state index contributed by atoms with van der Waals surface area (Å²) in [4.78, 5) is 31.3. The number of nitrogens with zero attached hydrogens (tertiary/aromatic N) is 5. The van der Waals surface area contributed by atoms with Crippen LogP contribution in [0.2, 0.25) is 0 Å². The van der Waals surface area contributed by atoms with E-state index < -0.39 is 23.5 Å². The monoisotopic (exact) mass is 462 g/mol. The number of urea groups is 1. The first-order valence-corrected chi connectivity index (χ1v) is 11.1. The molecule has 1 aromatic heterocycles. The minimum atomic E-state index is -1.59. The highest BCUT2D eigenvalue weighted by Gasteiger charge is 2.43. The van der Waals surface area contributed by atoms with Gasteiger partial charge in [0, 0.05) is 36.8 Å². The van der Waals surface area contributed by atoms with Crippen molar-refractivity contribution in [2.24, 2.45) is 0 Å². The molecule has 0 bridgehead atoms. The number of carbonyl (C=O) groups excluding carboxylic acids is 2. The van der Waals surface area contributed by atoms with Gasteiger partial charge in [-0.15, -0.1) is 0 Å². The molecule has 1 aromatic carbocycles. The molecule has 5 rings (SSSR count). The molecule has 11 heteroatoms. The second-order valence-corrected chi connectivity index (χ2v) is 8.82. The van der Waals surface area contributed by atoms with Crippen LogP contribution in [0.3, 0.4) is 0 Å². The number of benzene rings is 1. The van der Waals surface area contributed by atoms with Gasteiger partial charge in [-0.05, 0) is 32.9 Å². The summed E-state index contributed by atoms with van der Waals surface area (Å²) < 4.78 is 42.0. The van der Waals surface area contributed by atoms with Crippen LogP contribution in [-0.4, -0.2) is 63.2 Å². The zero-order valence-electron chi connectivity index (χ0n) is 18.2. The molecule has 3 amide bonds. The molecule has 3 aliphatic rings. The lowest BCUT2D eigenvalue weighted by Crippen LogP contribution is -2.44. The number of hydrogen-bond acceptors (Lipinski definition) is 4. The van der Waals surface area contributed by atoms with Gasteiger partial charge >= 0.3 is 6.03 Å². The molecule has 2 fully saturated rings. The van der Waals surface area contributed by atoms with Gasteiger partial charge < -0.3 is 15.1 Å². The molecule has 8 nitrogen and oxygen atoms in total. The van der Waals surface area contributed by atoms with Gasteiger partial charge in [0.2, 0.25) is 5.91 Å². The maximum Gasteiger partial charge on any atom is 0.322 e. The topological polar surface area (TPSA) is 73.7 Å². The third-order valence-corrected chi connectivity index (χ3v) is 6.86. The zero-order chi connectivity index (χ0) is 23.3. The van der Waals surface area contributed by atoms with Crippen molar-refractivity contribution in [1.29, 1.82) is 0 Å². The molecule has 2 atom stereocenters. The Morgan fingerprint density at radius 2 is 1.79 bits per heavy atom. The Morgan fingerprint density at radius 1 is 1.09 bits per heavy atom. The number of carbonyl (C=O) groups is 2. The quantitative estimate of drug-likeness (QED) is 0.712. The van der Waals surface area contributed by atoms with Crippen LogP contribution in [0.15, 0.2) is 18.3 Å². The number of aromatic nitrogens is 2. The number of amides is 3. The van der Waals surface area contributed by atoms with Crippen molar-refractivity contribution < 1.29 is 22.8 Å². The highest BCUT2D eigenvalue weighted by atomic mass is 19.2. The minimum Gasteiger partial charge on any atom is -0.317 e. The molecule has 0 saturated carbocycles. The highest BCUT2D eigenvalue weighted by Crippen LogP contribution is 2.34. The zero-order valence-corrected chi connectivity index (χ0v) is 18.2. The molecule has 176 valence electrons. The Morgan fingerprint density at radius 3 is 2.48 bits per heavy atom. The second-order valence-electron chi connectivity index (χ2n) is 8.82. The molecule has 0 aliphatic carbocycles. The van der Waals surface area contributed by atoms with E-state index in [9.17, 15) is 22.8 Å². The predicted molar refractivity (Wildman–Crippen MR) is 114 cm³/mol. The SMILES string of the molecule is CC1C(N2CCCC2)CC(=O)N1c1cnn2c1CN(C(=O)Nc1cc(F)c(F)c(F)c1)CC2. The van der Waals surface area contributed by atoms with Gasteiger partial charge in [-0.25, -0.2) is 18.0 Å². The van der Waals surface area contributed by atoms with Gasteiger partial charge in [0.25, 0.3) is 0 Å². The average Bonchev–Trinajstić information content (AvgIpc) is 3.51. The first-order chi connectivity index (χ1) is 15.8. The Kier molecular flexibility index (Phi) is 5.51. The van der Waals surface area contributed by atoms with Crippen LogP contribution in [0.5, 0.6) is 0 Å². The summed E-state index contributed by atoms with van der Waals surface area (Å²) in [6, 6.07) is 1.04. The fourth-order valence-corrected chi connectivity index (χ4v) is 5.14. The van der Waals surface area contributed by atoms with Crippen LogP contribution in [-0.2, 0) is 17.9 Å². The van der Waals surface area contributed by atoms with E-state index in [1.807, 2.05) is 6.92 Å². The molecule has 2 unspecified atom stereocenters. The standard InChI is InChI=1S/C22H25F3N6O2/c1-13-17(28-4-2-3-5-28)10-20(32)31(13)18-11-26-30-7-6-29(12-19(18)30)22(33)27-14-8-15(23)21(25)16(24)9-14/h8-9,11,13,17H,2-7,10,12H2,1H3,(H,27,33). The lowest BCUT2D eigenvalue weighted by molar-refractivity contribution is -0.117. The minimum absolute atomic E-state index is 0.0149. The molecule has 2 saturated heterocycles. The van der Waals surface area contributed by atoms with Crippen molar-refractivity contribution in [1.82, 2.24) is 19.6 Å². The van der Waals surface area contributed by atoms with Gasteiger partial charge in [-0.3, -0.25) is 14.4 Å². The van der Waals surface area contributed by atoms with E-state index in [0.29, 0.717) is 25.2 Å². The Hall–Kier alpha value is -3.08. The Bertz CT molecular complexity index is 1080. The Balaban J connectivity index is 1.33. The van der Waals surface area contributed by atoms with Crippen LogP contribution < -0.4 is 10.2 Å². The van der Waals surface area contributed by atoms with Gasteiger partial charge in [0.1, 0.15) is 0 Å². The second kappa shape index (κ2) is 8.36. The summed E-state index contributed by atoms with van der Waals surface area (Å²) in [5.74, 6) is -4.30. The van der Waals surface area contributed by atoms with Crippen molar-refractivity contribution in [2.45, 2.75) is 51.4 Å². The third-order valence-electron chi connectivity index (χ3n) is 6.86. The van der Waals surface area contributed by atoms with Crippen LogP contribution in [0.4, 0.5) is 29.3 Å². The lowest BCUT2D eigenvalue weighted by Gasteiger charge is -2.32. The van der Waals surface area contributed by atoms with Crippen molar-refractivity contribution in [3.05, 3.63) is 41.5 Å². The number of rotatable bonds is 3. The largest absolute Gasteiger partial charge is 0.322 e. The van der Waals surface area contributed by atoms with Crippen molar-refractivity contribution >= 4 is 23.3 Å². The number of halogens is 3. The van der Waals surface area contributed by atoms with Gasteiger partial charge in [0.05, 0.1) is 36.7 Å². The Labute approximate surface area is 188 Å². The number of likely N-dealkylation sites (tertiary alicyclic amines) is 1. The number of anilines is 2. The fraction of sp³-hybridized carbons (Fsp3) is 0.500. The first kappa shape index (κ1) is 21.7. The molecule has 0 radical (unpaired) electrons. The molecular formula is C22H25F3N6O2. The first-order valence-electron chi connectivity index (χ1n) is 11.1. The summed E-state index contributed by atoms with van der Waals surface area (Å²) in [5, 5.41) is 6.83. The van der Waals surface area contributed by atoms with Crippen molar-refractivity contribution in [3.63, 3.8) is 0 Å². The van der Waals surface area contributed by atoms with E-state index in [1.54, 1.807) is 15.8 Å².